The fourth-order valence-electron chi connectivity index (χ4n) is 1.15. The van der Waals surface area contributed by atoms with Crippen LogP contribution < -0.4 is 5.32 Å². The van der Waals surface area contributed by atoms with Crippen LogP contribution in [0.5, 0.6) is 0 Å². The highest BCUT2D eigenvalue weighted by Crippen LogP contribution is 2.26. The lowest BCUT2D eigenvalue weighted by molar-refractivity contribution is -0.147. The minimum Gasteiger partial charge on any atom is -0.464 e. The summed E-state index contributed by atoms with van der Waals surface area (Å²) in [4.78, 5) is 11.6. The largest absolute Gasteiger partial charge is 0.464 e. The fraction of sp³-hybridized carbons (Fsp3) is 0.545. The maximum absolute atomic E-state index is 11.6. The summed E-state index contributed by atoms with van der Waals surface area (Å²) < 4.78 is 5.00. The van der Waals surface area contributed by atoms with Crippen molar-refractivity contribution in [3.05, 3.63) is 17.0 Å². The molecule has 1 aromatic rings. The van der Waals surface area contributed by atoms with Crippen molar-refractivity contribution in [1.29, 1.82) is 0 Å². The predicted molar refractivity (Wildman–Crippen MR) is 63.4 cm³/mol. The van der Waals surface area contributed by atoms with Crippen LogP contribution in [0.25, 0.3) is 0 Å². The zero-order valence-electron chi connectivity index (χ0n) is 9.59. The molecule has 1 N–H and O–H groups in total. The van der Waals surface area contributed by atoms with Crippen molar-refractivity contribution in [2.75, 3.05) is 11.9 Å². The van der Waals surface area contributed by atoms with E-state index < -0.39 is 5.54 Å². The van der Waals surface area contributed by atoms with E-state index in [1.807, 2.05) is 39.1 Å². The molecule has 1 heterocycles. The monoisotopic (exact) mass is 227 g/mol. The predicted octanol–water partition coefficient (Wildman–Crippen LogP) is 2.81. The van der Waals surface area contributed by atoms with E-state index >= 15 is 0 Å². The Labute approximate surface area is 94.5 Å². The highest BCUT2D eigenvalue weighted by Gasteiger charge is 2.29. The van der Waals surface area contributed by atoms with E-state index in [1.165, 1.54) is 0 Å². The molecule has 0 radical (unpaired) electrons. The summed E-state index contributed by atoms with van der Waals surface area (Å²) in [7, 11) is 0. The van der Waals surface area contributed by atoms with Gasteiger partial charge in [-0.25, -0.2) is 4.79 Å². The van der Waals surface area contributed by atoms with Gasteiger partial charge in [-0.15, -0.1) is 11.3 Å². The van der Waals surface area contributed by atoms with Gasteiger partial charge >= 0.3 is 5.97 Å². The molecule has 0 saturated heterocycles. The second-order valence-electron chi connectivity index (χ2n) is 3.90. The molecular weight excluding hydrogens is 210 g/mol. The lowest BCUT2D eigenvalue weighted by Gasteiger charge is -2.24. The van der Waals surface area contributed by atoms with E-state index in [0.29, 0.717) is 6.61 Å². The second kappa shape index (κ2) is 4.66. The van der Waals surface area contributed by atoms with Gasteiger partial charge in [0.2, 0.25) is 0 Å². The molecule has 0 unspecified atom stereocenters. The first-order valence-electron chi connectivity index (χ1n) is 4.97. The van der Waals surface area contributed by atoms with Gasteiger partial charge in [-0.05, 0) is 44.7 Å². The van der Waals surface area contributed by atoms with E-state index in [2.05, 4.69) is 5.32 Å². The van der Waals surface area contributed by atoms with Crippen LogP contribution in [0.4, 0.5) is 5.00 Å². The third-order valence-electron chi connectivity index (χ3n) is 2.07. The van der Waals surface area contributed by atoms with E-state index in [9.17, 15) is 4.79 Å². The molecule has 0 atom stereocenters. The second-order valence-corrected chi connectivity index (χ2v) is 4.82. The van der Waals surface area contributed by atoms with Crippen molar-refractivity contribution in [1.82, 2.24) is 0 Å². The average molecular weight is 227 g/mol. The van der Waals surface area contributed by atoms with Crippen molar-refractivity contribution >= 4 is 22.3 Å². The first-order valence-corrected chi connectivity index (χ1v) is 5.85. The summed E-state index contributed by atoms with van der Waals surface area (Å²) >= 11 is 1.59. The SMILES string of the molecule is CCOC(=O)C(C)(C)Nc1sccc1C. The number of carbonyl (C=O) groups is 1. The Kier molecular flexibility index (Phi) is 3.74. The van der Waals surface area contributed by atoms with Gasteiger partial charge in [0.25, 0.3) is 0 Å². The van der Waals surface area contributed by atoms with E-state index in [0.717, 1.165) is 10.6 Å². The summed E-state index contributed by atoms with van der Waals surface area (Å²) in [6.07, 6.45) is 0. The van der Waals surface area contributed by atoms with Crippen molar-refractivity contribution in [3.8, 4) is 0 Å². The lowest BCUT2D eigenvalue weighted by Crippen LogP contribution is -2.41. The summed E-state index contributed by atoms with van der Waals surface area (Å²) in [6.45, 7) is 7.88. The van der Waals surface area contributed by atoms with Gasteiger partial charge in [-0.1, -0.05) is 0 Å². The third kappa shape index (κ3) is 2.96. The van der Waals surface area contributed by atoms with Gasteiger partial charge in [-0.2, -0.15) is 0 Å². The molecule has 0 bridgehead atoms. The Balaban J connectivity index is 2.72. The highest BCUT2D eigenvalue weighted by atomic mass is 32.1. The minimum absolute atomic E-state index is 0.224. The summed E-state index contributed by atoms with van der Waals surface area (Å²) in [5.74, 6) is -0.224. The van der Waals surface area contributed by atoms with Gasteiger partial charge in [0.15, 0.2) is 0 Å². The molecule has 1 aromatic heterocycles. The van der Waals surface area contributed by atoms with Crippen LogP contribution in [-0.4, -0.2) is 18.1 Å². The van der Waals surface area contributed by atoms with E-state index in [4.69, 9.17) is 4.74 Å². The van der Waals surface area contributed by atoms with Crippen molar-refractivity contribution in [3.63, 3.8) is 0 Å². The number of anilines is 1. The number of hydrogen-bond acceptors (Lipinski definition) is 4. The molecule has 0 amide bonds. The van der Waals surface area contributed by atoms with Crippen LogP contribution in [0.3, 0.4) is 0 Å². The van der Waals surface area contributed by atoms with Crippen LogP contribution >= 0.6 is 11.3 Å². The van der Waals surface area contributed by atoms with Crippen LogP contribution in [0.2, 0.25) is 0 Å². The highest BCUT2D eigenvalue weighted by molar-refractivity contribution is 7.14. The molecule has 3 nitrogen and oxygen atoms in total. The molecular formula is C11H17NO2S. The van der Waals surface area contributed by atoms with Crippen LogP contribution in [0.1, 0.15) is 26.3 Å². The number of aryl methyl sites for hydroxylation is 1. The van der Waals surface area contributed by atoms with Gasteiger partial charge in [0.05, 0.1) is 11.6 Å². The Morgan fingerprint density at radius 3 is 2.73 bits per heavy atom. The quantitative estimate of drug-likeness (QED) is 0.804. The van der Waals surface area contributed by atoms with Crippen molar-refractivity contribution in [2.45, 2.75) is 33.2 Å². The minimum atomic E-state index is -0.675. The Morgan fingerprint density at radius 2 is 2.27 bits per heavy atom. The Morgan fingerprint density at radius 1 is 1.60 bits per heavy atom. The van der Waals surface area contributed by atoms with Crippen LogP contribution in [-0.2, 0) is 9.53 Å². The molecule has 15 heavy (non-hydrogen) atoms. The molecule has 0 aliphatic heterocycles. The average Bonchev–Trinajstić information content (AvgIpc) is 2.52. The zero-order chi connectivity index (χ0) is 11.5. The fourth-order valence-corrected chi connectivity index (χ4v) is 2.12. The smallest absolute Gasteiger partial charge is 0.331 e. The number of carbonyl (C=O) groups excluding carboxylic acids is 1. The third-order valence-corrected chi connectivity index (χ3v) is 3.01. The number of hydrogen-bond donors (Lipinski definition) is 1. The molecule has 0 fully saturated rings. The van der Waals surface area contributed by atoms with Crippen LogP contribution in [0, 0.1) is 6.92 Å². The normalized spacial score (nSPS) is 11.2. The standard InChI is InChI=1S/C11H17NO2S/c1-5-14-10(13)11(3,4)12-9-8(2)6-7-15-9/h6-7,12H,5H2,1-4H3. The molecule has 1 rings (SSSR count). The van der Waals surface area contributed by atoms with Crippen LogP contribution in [0.15, 0.2) is 11.4 Å². The number of rotatable bonds is 4. The van der Waals surface area contributed by atoms with Gasteiger partial charge in [0, 0.05) is 0 Å². The number of thiophene rings is 1. The van der Waals surface area contributed by atoms with Crippen molar-refractivity contribution < 1.29 is 9.53 Å². The number of esters is 1. The molecule has 4 heteroatoms. The lowest BCUT2D eigenvalue weighted by atomic mass is 10.1. The van der Waals surface area contributed by atoms with Gasteiger partial charge < -0.3 is 10.1 Å². The first-order chi connectivity index (χ1) is 6.97. The molecule has 84 valence electrons. The maximum Gasteiger partial charge on any atom is 0.331 e. The van der Waals surface area contributed by atoms with Crippen molar-refractivity contribution in [2.24, 2.45) is 0 Å². The zero-order valence-corrected chi connectivity index (χ0v) is 10.4. The van der Waals surface area contributed by atoms with E-state index in [-0.39, 0.29) is 5.97 Å². The van der Waals surface area contributed by atoms with E-state index in [1.54, 1.807) is 11.3 Å². The number of nitrogens with one attached hydrogen (secondary N) is 1. The molecule has 0 aromatic carbocycles. The van der Waals surface area contributed by atoms with Gasteiger partial charge in [0.1, 0.15) is 5.54 Å². The Hall–Kier alpha value is -1.03. The summed E-state index contributed by atoms with van der Waals surface area (Å²) in [6, 6.07) is 2.02. The number of ether oxygens (including phenoxy) is 1. The molecule has 0 spiro atoms. The Bertz CT molecular complexity index is 344. The summed E-state index contributed by atoms with van der Waals surface area (Å²) in [5.41, 5.74) is 0.475. The van der Waals surface area contributed by atoms with Gasteiger partial charge in [-0.3, -0.25) is 0 Å². The molecule has 0 aliphatic rings. The molecule has 0 aliphatic carbocycles. The molecule has 0 saturated carbocycles. The summed E-state index contributed by atoms with van der Waals surface area (Å²) in [5, 5.41) is 6.22. The first kappa shape index (κ1) is 12.0. The maximum atomic E-state index is 11.6. The topological polar surface area (TPSA) is 38.3 Å².